The average molecular weight is 377 g/mol. The summed E-state index contributed by atoms with van der Waals surface area (Å²) in [6, 6.07) is 13.1. The molecule has 28 heavy (non-hydrogen) atoms. The molecule has 2 aliphatic rings. The Balaban J connectivity index is 1.53. The van der Waals surface area contributed by atoms with Gasteiger partial charge in [0.2, 0.25) is 0 Å². The van der Waals surface area contributed by atoms with E-state index in [1.807, 2.05) is 24.8 Å². The first-order chi connectivity index (χ1) is 13.8. The van der Waals surface area contributed by atoms with Crippen LogP contribution in [0.3, 0.4) is 0 Å². The van der Waals surface area contributed by atoms with Gasteiger partial charge in [0.15, 0.2) is 0 Å². The molecule has 0 spiro atoms. The van der Waals surface area contributed by atoms with Crippen LogP contribution in [-0.4, -0.2) is 44.0 Å². The van der Waals surface area contributed by atoms with Crippen molar-refractivity contribution in [3.05, 3.63) is 66.3 Å². The molecule has 5 heteroatoms. The van der Waals surface area contributed by atoms with Crippen molar-refractivity contribution in [3.8, 4) is 0 Å². The SMILES string of the molecule is CC1C=NC=C(N(CCc2ccncc2)c2ccc(N3CCOCC3)cc2)C1. The fourth-order valence-electron chi connectivity index (χ4n) is 3.79. The topological polar surface area (TPSA) is 41.0 Å². The van der Waals surface area contributed by atoms with Gasteiger partial charge >= 0.3 is 0 Å². The second kappa shape index (κ2) is 9.02. The highest BCUT2D eigenvalue weighted by atomic mass is 16.5. The van der Waals surface area contributed by atoms with Crippen LogP contribution in [0, 0.1) is 5.92 Å². The molecule has 146 valence electrons. The Hall–Kier alpha value is -2.66. The van der Waals surface area contributed by atoms with Gasteiger partial charge in [-0.2, -0.15) is 0 Å². The van der Waals surface area contributed by atoms with Gasteiger partial charge in [-0.25, -0.2) is 0 Å². The molecule has 0 aliphatic carbocycles. The minimum absolute atomic E-state index is 0.469. The van der Waals surface area contributed by atoms with Gasteiger partial charge in [0.1, 0.15) is 0 Å². The Bertz CT molecular complexity index is 810. The fraction of sp³-hybridized carbons (Fsp3) is 0.391. The number of ether oxygens (including phenoxy) is 1. The molecule has 2 aromatic rings. The lowest BCUT2D eigenvalue weighted by atomic mass is 10.0. The van der Waals surface area contributed by atoms with Crippen LogP contribution < -0.4 is 9.80 Å². The Kier molecular flexibility index (Phi) is 6.02. The number of benzene rings is 1. The molecule has 1 atom stereocenters. The molecule has 1 fully saturated rings. The van der Waals surface area contributed by atoms with Gasteiger partial charge in [0.25, 0.3) is 0 Å². The second-order valence-corrected chi connectivity index (χ2v) is 7.47. The van der Waals surface area contributed by atoms with E-state index in [4.69, 9.17) is 4.74 Å². The van der Waals surface area contributed by atoms with Gasteiger partial charge < -0.3 is 14.5 Å². The molecule has 1 saturated heterocycles. The number of morpholine rings is 1. The van der Waals surface area contributed by atoms with Crippen molar-refractivity contribution in [2.45, 2.75) is 19.8 Å². The quantitative estimate of drug-likeness (QED) is 0.766. The summed E-state index contributed by atoms with van der Waals surface area (Å²) in [7, 11) is 0. The highest BCUT2D eigenvalue weighted by Gasteiger charge is 2.18. The van der Waals surface area contributed by atoms with Crippen LogP contribution in [0.4, 0.5) is 11.4 Å². The minimum Gasteiger partial charge on any atom is -0.378 e. The van der Waals surface area contributed by atoms with Crippen LogP contribution in [0.2, 0.25) is 0 Å². The number of aromatic nitrogens is 1. The smallest absolute Gasteiger partial charge is 0.0642 e. The summed E-state index contributed by atoms with van der Waals surface area (Å²) in [5, 5.41) is 0. The average Bonchev–Trinajstić information content (AvgIpc) is 2.76. The maximum Gasteiger partial charge on any atom is 0.0642 e. The van der Waals surface area contributed by atoms with Crippen LogP contribution >= 0.6 is 0 Å². The summed E-state index contributed by atoms with van der Waals surface area (Å²) in [5.74, 6) is 0.469. The van der Waals surface area contributed by atoms with E-state index in [0.717, 1.165) is 45.7 Å². The molecule has 4 rings (SSSR count). The van der Waals surface area contributed by atoms with Crippen LogP contribution in [-0.2, 0) is 11.2 Å². The van der Waals surface area contributed by atoms with Crippen molar-refractivity contribution in [2.75, 3.05) is 42.6 Å². The van der Waals surface area contributed by atoms with Crippen LogP contribution in [0.15, 0.2) is 65.7 Å². The molecule has 0 bridgehead atoms. The molecule has 2 aliphatic heterocycles. The third-order valence-electron chi connectivity index (χ3n) is 5.35. The predicted octanol–water partition coefficient (Wildman–Crippen LogP) is 3.92. The van der Waals surface area contributed by atoms with E-state index in [-0.39, 0.29) is 0 Å². The Morgan fingerprint density at radius 1 is 1.07 bits per heavy atom. The molecular weight excluding hydrogens is 348 g/mol. The van der Waals surface area contributed by atoms with Crippen molar-refractivity contribution in [1.29, 1.82) is 0 Å². The molecule has 5 nitrogen and oxygen atoms in total. The van der Waals surface area contributed by atoms with Gasteiger partial charge in [-0.3, -0.25) is 9.98 Å². The molecule has 1 unspecified atom stereocenters. The van der Waals surface area contributed by atoms with Crippen LogP contribution in [0.25, 0.3) is 0 Å². The number of rotatable bonds is 6. The van der Waals surface area contributed by atoms with E-state index in [1.54, 1.807) is 0 Å². The third-order valence-corrected chi connectivity index (χ3v) is 5.35. The van der Waals surface area contributed by atoms with Crippen LogP contribution in [0.1, 0.15) is 18.9 Å². The summed E-state index contributed by atoms with van der Waals surface area (Å²) in [6.45, 7) is 6.68. The van der Waals surface area contributed by atoms with Gasteiger partial charge in [0.05, 0.1) is 13.2 Å². The Morgan fingerprint density at radius 3 is 2.54 bits per heavy atom. The van der Waals surface area contributed by atoms with Crippen molar-refractivity contribution >= 4 is 17.6 Å². The predicted molar refractivity (Wildman–Crippen MR) is 115 cm³/mol. The molecule has 3 heterocycles. The van der Waals surface area contributed by atoms with Crippen LogP contribution in [0.5, 0.6) is 0 Å². The molecule has 0 saturated carbocycles. The third kappa shape index (κ3) is 4.60. The lowest BCUT2D eigenvalue weighted by Gasteiger charge is -2.31. The lowest BCUT2D eigenvalue weighted by molar-refractivity contribution is 0.122. The van der Waals surface area contributed by atoms with Crippen molar-refractivity contribution in [1.82, 2.24) is 4.98 Å². The maximum atomic E-state index is 5.47. The fourth-order valence-corrected chi connectivity index (χ4v) is 3.79. The molecule has 0 N–H and O–H groups in total. The Labute approximate surface area is 167 Å². The zero-order valence-electron chi connectivity index (χ0n) is 16.5. The number of allylic oxidation sites excluding steroid dienone is 1. The highest BCUT2D eigenvalue weighted by molar-refractivity contribution is 5.66. The number of aliphatic imine (C=N–C) groups is 1. The normalized spacial score (nSPS) is 19.4. The summed E-state index contributed by atoms with van der Waals surface area (Å²) in [6.07, 6.45) is 9.77. The lowest BCUT2D eigenvalue weighted by Crippen LogP contribution is -2.36. The number of pyridine rings is 1. The number of hydrogen-bond acceptors (Lipinski definition) is 5. The monoisotopic (exact) mass is 376 g/mol. The number of hydrogen-bond donors (Lipinski definition) is 0. The highest BCUT2D eigenvalue weighted by Crippen LogP contribution is 2.28. The molecule has 0 amide bonds. The Morgan fingerprint density at radius 2 is 1.82 bits per heavy atom. The van der Waals surface area contributed by atoms with E-state index in [0.29, 0.717) is 5.92 Å². The number of nitrogens with zero attached hydrogens (tertiary/aromatic N) is 4. The van der Waals surface area contributed by atoms with E-state index in [9.17, 15) is 0 Å². The standard InChI is InChI=1S/C23H28N4O/c1-19-16-23(18-25-17-19)27(11-8-20-6-9-24-10-7-20)22-4-2-21(3-5-22)26-12-14-28-15-13-26/h2-7,9-10,17-19H,8,11-16H2,1H3. The van der Waals surface area contributed by atoms with E-state index in [2.05, 4.69) is 63.1 Å². The zero-order valence-corrected chi connectivity index (χ0v) is 16.5. The summed E-state index contributed by atoms with van der Waals surface area (Å²) in [5.41, 5.74) is 5.08. The van der Waals surface area contributed by atoms with Gasteiger partial charge in [-0.05, 0) is 60.7 Å². The first-order valence-electron chi connectivity index (χ1n) is 10.1. The second-order valence-electron chi connectivity index (χ2n) is 7.47. The number of anilines is 2. The van der Waals surface area contributed by atoms with E-state index >= 15 is 0 Å². The largest absolute Gasteiger partial charge is 0.378 e. The summed E-state index contributed by atoms with van der Waals surface area (Å²) >= 11 is 0. The minimum atomic E-state index is 0.469. The first-order valence-corrected chi connectivity index (χ1v) is 10.1. The van der Waals surface area contributed by atoms with Gasteiger partial charge in [-0.15, -0.1) is 0 Å². The van der Waals surface area contributed by atoms with Crippen molar-refractivity contribution in [3.63, 3.8) is 0 Å². The zero-order chi connectivity index (χ0) is 19.2. The summed E-state index contributed by atoms with van der Waals surface area (Å²) in [4.78, 5) is 13.4. The van der Waals surface area contributed by atoms with Gasteiger partial charge in [0, 0.05) is 61.5 Å². The summed E-state index contributed by atoms with van der Waals surface area (Å²) < 4.78 is 5.47. The molecule has 1 aromatic heterocycles. The van der Waals surface area contributed by atoms with E-state index < -0.39 is 0 Å². The molecule has 1 aromatic carbocycles. The maximum absolute atomic E-state index is 5.47. The molecule has 0 radical (unpaired) electrons. The molecular formula is C23H28N4O. The first kappa shape index (κ1) is 18.7. The van der Waals surface area contributed by atoms with Crippen molar-refractivity contribution < 1.29 is 4.74 Å². The van der Waals surface area contributed by atoms with Crippen molar-refractivity contribution in [2.24, 2.45) is 10.9 Å². The van der Waals surface area contributed by atoms with E-state index in [1.165, 1.54) is 22.6 Å². The van der Waals surface area contributed by atoms with Gasteiger partial charge in [-0.1, -0.05) is 6.92 Å².